The average Bonchev–Trinajstić information content (AvgIpc) is 2.54. The number of ether oxygens (including phenoxy) is 1. The van der Waals surface area contributed by atoms with Crippen LogP contribution >= 0.6 is 0 Å². The van der Waals surface area contributed by atoms with Crippen LogP contribution in [-0.4, -0.2) is 45.5 Å². The molecule has 1 aliphatic heterocycles. The summed E-state index contributed by atoms with van der Waals surface area (Å²) in [5.74, 6) is -1.56. The number of nitrogens with one attached hydrogen (secondary N) is 1. The number of amides is 1. The SMILES string of the molecule is COC(=O)CNC(=O)C1CCS(=O)(=O)C1. The number of hydrogen-bond donors (Lipinski definition) is 1. The van der Waals surface area contributed by atoms with Gasteiger partial charge in [-0.25, -0.2) is 8.42 Å². The second-order valence-corrected chi connectivity index (χ2v) is 5.62. The Hall–Kier alpha value is -1.11. The molecule has 0 aromatic heterocycles. The Balaban J connectivity index is 2.39. The lowest BCUT2D eigenvalue weighted by atomic mass is 10.1. The molecule has 1 aliphatic rings. The van der Waals surface area contributed by atoms with E-state index in [1.54, 1.807) is 0 Å². The third kappa shape index (κ3) is 3.50. The maximum absolute atomic E-state index is 11.4. The molecule has 0 saturated carbocycles. The van der Waals surface area contributed by atoms with E-state index in [1.165, 1.54) is 7.11 Å². The molecule has 1 amide bonds. The van der Waals surface area contributed by atoms with Crippen LogP contribution in [0.5, 0.6) is 0 Å². The number of esters is 1. The molecule has 15 heavy (non-hydrogen) atoms. The first-order chi connectivity index (χ1) is 6.94. The second-order valence-electron chi connectivity index (χ2n) is 3.39. The predicted molar refractivity (Wildman–Crippen MR) is 51.8 cm³/mol. The van der Waals surface area contributed by atoms with Gasteiger partial charge in [-0.1, -0.05) is 0 Å². The molecule has 1 rings (SSSR count). The highest BCUT2D eigenvalue weighted by Gasteiger charge is 2.32. The van der Waals surface area contributed by atoms with Crippen LogP contribution in [0.15, 0.2) is 0 Å². The lowest BCUT2D eigenvalue weighted by Crippen LogP contribution is -2.35. The summed E-state index contributed by atoms with van der Waals surface area (Å²) in [4.78, 5) is 22.1. The summed E-state index contributed by atoms with van der Waals surface area (Å²) in [6.07, 6.45) is 0.329. The Morgan fingerprint density at radius 2 is 2.13 bits per heavy atom. The first-order valence-electron chi connectivity index (χ1n) is 4.49. The van der Waals surface area contributed by atoms with Crippen molar-refractivity contribution in [1.82, 2.24) is 5.32 Å². The molecule has 86 valence electrons. The Kier molecular flexibility index (Phi) is 3.67. The molecule has 0 radical (unpaired) electrons. The fourth-order valence-corrected chi connectivity index (χ4v) is 3.12. The predicted octanol–water partition coefficient (Wildman–Crippen LogP) is -1.29. The summed E-state index contributed by atoms with van der Waals surface area (Å²) in [6, 6.07) is 0. The minimum Gasteiger partial charge on any atom is -0.468 e. The van der Waals surface area contributed by atoms with E-state index in [0.717, 1.165) is 0 Å². The first-order valence-corrected chi connectivity index (χ1v) is 6.31. The molecule has 0 spiro atoms. The van der Waals surface area contributed by atoms with Gasteiger partial charge in [0.1, 0.15) is 6.54 Å². The summed E-state index contributed by atoms with van der Waals surface area (Å²) >= 11 is 0. The van der Waals surface area contributed by atoms with Crippen LogP contribution < -0.4 is 5.32 Å². The fourth-order valence-electron chi connectivity index (χ4n) is 1.38. The largest absolute Gasteiger partial charge is 0.468 e. The standard InChI is InChI=1S/C8H13NO5S/c1-14-7(10)4-9-8(11)6-2-3-15(12,13)5-6/h6H,2-5H2,1H3,(H,9,11). The van der Waals surface area contributed by atoms with Crippen molar-refractivity contribution < 1.29 is 22.7 Å². The van der Waals surface area contributed by atoms with Crippen LogP contribution in [-0.2, 0) is 24.2 Å². The van der Waals surface area contributed by atoms with E-state index in [4.69, 9.17) is 0 Å². The Bertz CT molecular complexity index is 361. The van der Waals surface area contributed by atoms with Crippen molar-refractivity contribution in [2.75, 3.05) is 25.2 Å². The number of carbonyl (C=O) groups is 2. The Labute approximate surface area is 87.9 Å². The van der Waals surface area contributed by atoms with Crippen molar-refractivity contribution in [3.05, 3.63) is 0 Å². The fraction of sp³-hybridized carbons (Fsp3) is 0.750. The van der Waals surface area contributed by atoms with E-state index in [1.807, 2.05) is 0 Å². The Morgan fingerprint density at radius 3 is 2.60 bits per heavy atom. The van der Waals surface area contributed by atoms with Gasteiger partial charge in [0.25, 0.3) is 0 Å². The molecule has 1 atom stereocenters. The lowest BCUT2D eigenvalue weighted by molar-refractivity contribution is -0.141. The molecule has 1 unspecified atom stereocenters. The Morgan fingerprint density at radius 1 is 1.47 bits per heavy atom. The van der Waals surface area contributed by atoms with Gasteiger partial charge in [0.05, 0.1) is 24.5 Å². The van der Waals surface area contributed by atoms with E-state index in [2.05, 4.69) is 10.1 Å². The average molecular weight is 235 g/mol. The molecule has 6 nitrogen and oxygen atoms in total. The summed E-state index contributed by atoms with van der Waals surface area (Å²) < 4.78 is 26.5. The van der Waals surface area contributed by atoms with Crippen LogP contribution in [0.2, 0.25) is 0 Å². The number of methoxy groups -OCH3 is 1. The smallest absolute Gasteiger partial charge is 0.325 e. The summed E-state index contributed by atoms with van der Waals surface area (Å²) in [6.45, 7) is -0.216. The zero-order chi connectivity index (χ0) is 11.5. The van der Waals surface area contributed by atoms with Gasteiger partial charge >= 0.3 is 5.97 Å². The van der Waals surface area contributed by atoms with Crippen molar-refractivity contribution in [3.63, 3.8) is 0 Å². The number of rotatable bonds is 3. The van der Waals surface area contributed by atoms with E-state index in [-0.39, 0.29) is 18.1 Å². The first kappa shape index (κ1) is 12.0. The molecule has 0 aliphatic carbocycles. The van der Waals surface area contributed by atoms with Crippen LogP contribution in [0.3, 0.4) is 0 Å². The zero-order valence-corrected chi connectivity index (χ0v) is 9.17. The molecule has 1 N–H and O–H groups in total. The van der Waals surface area contributed by atoms with E-state index in [9.17, 15) is 18.0 Å². The molecule has 1 fully saturated rings. The summed E-state index contributed by atoms with van der Waals surface area (Å²) in [5.41, 5.74) is 0. The molecule has 0 bridgehead atoms. The molecule has 0 aromatic carbocycles. The third-order valence-corrected chi connectivity index (χ3v) is 4.01. The van der Waals surface area contributed by atoms with Crippen LogP contribution in [0, 0.1) is 5.92 Å². The van der Waals surface area contributed by atoms with Crippen LogP contribution in [0.4, 0.5) is 0 Å². The van der Waals surface area contributed by atoms with Crippen molar-refractivity contribution in [3.8, 4) is 0 Å². The van der Waals surface area contributed by atoms with Crippen molar-refractivity contribution in [2.24, 2.45) is 5.92 Å². The van der Waals surface area contributed by atoms with Crippen molar-refractivity contribution in [2.45, 2.75) is 6.42 Å². The summed E-state index contributed by atoms with van der Waals surface area (Å²) in [5, 5.41) is 2.34. The van der Waals surface area contributed by atoms with Gasteiger partial charge in [-0.05, 0) is 6.42 Å². The van der Waals surface area contributed by atoms with E-state index < -0.39 is 27.6 Å². The highest BCUT2D eigenvalue weighted by Crippen LogP contribution is 2.18. The van der Waals surface area contributed by atoms with Crippen LogP contribution in [0.1, 0.15) is 6.42 Å². The molecule has 0 aromatic rings. The van der Waals surface area contributed by atoms with E-state index in [0.29, 0.717) is 6.42 Å². The van der Waals surface area contributed by atoms with Gasteiger partial charge < -0.3 is 10.1 Å². The number of hydrogen-bond acceptors (Lipinski definition) is 5. The van der Waals surface area contributed by atoms with Gasteiger partial charge in [-0.2, -0.15) is 0 Å². The molecule has 1 heterocycles. The van der Waals surface area contributed by atoms with Gasteiger partial charge in [0.15, 0.2) is 9.84 Å². The van der Waals surface area contributed by atoms with Crippen molar-refractivity contribution in [1.29, 1.82) is 0 Å². The quantitative estimate of drug-likeness (QED) is 0.615. The maximum Gasteiger partial charge on any atom is 0.325 e. The minimum absolute atomic E-state index is 0.0450. The lowest BCUT2D eigenvalue weighted by Gasteiger charge is -2.07. The van der Waals surface area contributed by atoms with Gasteiger partial charge in [0.2, 0.25) is 5.91 Å². The normalized spacial score (nSPS) is 23.4. The summed E-state index contributed by atoms with van der Waals surface area (Å²) in [7, 11) is -1.84. The second kappa shape index (κ2) is 4.61. The molecular formula is C8H13NO5S. The molecular weight excluding hydrogens is 222 g/mol. The van der Waals surface area contributed by atoms with Gasteiger partial charge in [-0.15, -0.1) is 0 Å². The third-order valence-electron chi connectivity index (χ3n) is 2.24. The van der Waals surface area contributed by atoms with Crippen molar-refractivity contribution >= 4 is 21.7 Å². The topological polar surface area (TPSA) is 89.5 Å². The highest BCUT2D eigenvalue weighted by atomic mass is 32.2. The van der Waals surface area contributed by atoms with Gasteiger partial charge in [-0.3, -0.25) is 9.59 Å². The van der Waals surface area contributed by atoms with Gasteiger partial charge in [0, 0.05) is 0 Å². The highest BCUT2D eigenvalue weighted by molar-refractivity contribution is 7.91. The van der Waals surface area contributed by atoms with E-state index >= 15 is 0 Å². The number of carbonyl (C=O) groups excluding carboxylic acids is 2. The molecule has 7 heteroatoms. The van der Waals surface area contributed by atoms with Crippen LogP contribution in [0.25, 0.3) is 0 Å². The minimum atomic E-state index is -3.06. The number of sulfone groups is 1. The maximum atomic E-state index is 11.4. The monoisotopic (exact) mass is 235 g/mol. The zero-order valence-electron chi connectivity index (χ0n) is 8.36. The molecule has 1 saturated heterocycles.